The van der Waals surface area contributed by atoms with Crippen LogP contribution in [0.3, 0.4) is 0 Å². The lowest BCUT2D eigenvalue weighted by Crippen LogP contribution is -2.04. The first-order valence-corrected chi connectivity index (χ1v) is 6.36. The fourth-order valence-electron chi connectivity index (χ4n) is 1.53. The predicted octanol–water partition coefficient (Wildman–Crippen LogP) is 2.27. The van der Waals surface area contributed by atoms with Gasteiger partial charge < -0.3 is 5.73 Å². The molecule has 2 rings (SSSR count). The van der Waals surface area contributed by atoms with Gasteiger partial charge in [0.25, 0.3) is 0 Å². The van der Waals surface area contributed by atoms with E-state index in [0.29, 0.717) is 0 Å². The molecule has 0 aliphatic carbocycles. The zero-order valence-corrected chi connectivity index (χ0v) is 9.72. The van der Waals surface area contributed by atoms with Crippen molar-refractivity contribution in [3.8, 4) is 0 Å². The molecule has 96 valence electrons. The molecule has 0 saturated heterocycles. The minimum absolute atomic E-state index is 0.151. The van der Waals surface area contributed by atoms with Crippen LogP contribution in [0.5, 0.6) is 0 Å². The molecule has 2 N–H and O–H groups in total. The molecule has 1 heterocycles. The summed E-state index contributed by atoms with van der Waals surface area (Å²) in [4.78, 5) is 0. The lowest BCUT2D eigenvalue weighted by molar-refractivity contribution is -0.137. The summed E-state index contributed by atoms with van der Waals surface area (Å²) in [5.74, 6) is 0. The summed E-state index contributed by atoms with van der Waals surface area (Å²) in [5.41, 5.74) is 4.74. The number of benzene rings is 1. The molecule has 18 heavy (non-hydrogen) atoms. The molecule has 1 aliphatic rings. The van der Waals surface area contributed by atoms with Crippen LogP contribution in [-0.2, 0) is 16.0 Å². The van der Waals surface area contributed by atoms with Crippen LogP contribution in [0.1, 0.15) is 11.1 Å². The highest BCUT2D eigenvalue weighted by atomic mass is 32.2. The second kappa shape index (κ2) is 3.88. The van der Waals surface area contributed by atoms with Crippen LogP contribution in [0, 0.1) is 0 Å². The van der Waals surface area contributed by atoms with E-state index in [9.17, 15) is 21.6 Å². The Kier molecular flexibility index (Phi) is 2.73. The van der Waals surface area contributed by atoms with Gasteiger partial charge in [0.15, 0.2) is 0 Å². The first-order valence-electron chi connectivity index (χ1n) is 4.82. The third kappa shape index (κ3) is 2.26. The molecule has 0 aromatic heterocycles. The average molecular weight is 275 g/mol. The Balaban J connectivity index is 2.50. The SMILES string of the molecule is NC1=CC(c2cccc(C(F)(F)F)c2)=CS1(=O)=O. The predicted molar refractivity (Wildman–Crippen MR) is 60.6 cm³/mol. The van der Waals surface area contributed by atoms with Crippen molar-refractivity contribution in [3.63, 3.8) is 0 Å². The number of nitrogens with two attached hydrogens (primary N) is 1. The molecular formula is C11H8F3NO2S. The van der Waals surface area contributed by atoms with E-state index >= 15 is 0 Å². The van der Waals surface area contributed by atoms with Gasteiger partial charge in [-0.25, -0.2) is 8.42 Å². The van der Waals surface area contributed by atoms with E-state index in [2.05, 4.69) is 0 Å². The summed E-state index contributed by atoms with van der Waals surface area (Å²) in [6.07, 6.45) is -3.33. The number of rotatable bonds is 1. The first-order chi connectivity index (χ1) is 8.20. The van der Waals surface area contributed by atoms with E-state index in [0.717, 1.165) is 23.6 Å². The highest BCUT2D eigenvalue weighted by Crippen LogP contribution is 2.33. The van der Waals surface area contributed by atoms with Crippen molar-refractivity contribution < 1.29 is 21.6 Å². The fraction of sp³-hybridized carbons (Fsp3) is 0.0909. The number of sulfone groups is 1. The van der Waals surface area contributed by atoms with Crippen molar-refractivity contribution in [2.24, 2.45) is 5.73 Å². The minimum Gasteiger partial charge on any atom is -0.389 e. The summed E-state index contributed by atoms with van der Waals surface area (Å²) in [5, 5.41) is 0.493. The van der Waals surface area contributed by atoms with E-state index in [1.165, 1.54) is 12.1 Å². The Morgan fingerprint density at radius 2 is 1.83 bits per heavy atom. The Morgan fingerprint density at radius 1 is 1.17 bits per heavy atom. The molecule has 1 aromatic rings. The van der Waals surface area contributed by atoms with Crippen molar-refractivity contribution in [1.82, 2.24) is 0 Å². The number of halogens is 3. The van der Waals surface area contributed by atoms with E-state index in [-0.39, 0.29) is 16.2 Å². The van der Waals surface area contributed by atoms with Gasteiger partial charge in [-0.1, -0.05) is 12.1 Å². The number of allylic oxidation sites excluding steroid dienone is 2. The third-order valence-corrected chi connectivity index (χ3v) is 3.77. The van der Waals surface area contributed by atoms with E-state index in [4.69, 9.17) is 5.73 Å². The van der Waals surface area contributed by atoms with Crippen LogP contribution in [0.2, 0.25) is 0 Å². The van der Waals surface area contributed by atoms with Crippen molar-refractivity contribution in [1.29, 1.82) is 0 Å². The summed E-state index contributed by atoms with van der Waals surface area (Å²) >= 11 is 0. The number of hydrogen-bond acceptors (Lipinski definition) is 3. The van der Waals surface area contributed by atoms with Gasteiger partial charge in [0.2, 0.25) is 9.84 Å². The van der Waals surface area contributed by atoms with Crippen molar-refractivity contribution in [3.05, 3.63) is 51.9 Å². The number of alkyl halides is 3. The highest BCUT2D eigenvalue weighted by Gasteiger charge is 2.31. The standard InChI is InChI=1S/C11H8F3NO2S/c12-11(13,14)9-3-1-2-7(4-9)8-5-10(15)18(16,17)6-8/h1-6H,15H2. The lowest BCUT2D eigenvalue weighted by atomic mass is 10.0. The largest absolute Gasteiger partial charge is 0.416 e. The second-order valence-corrected chi connectivity index (χ2v) is 5.54. The Labute approximate surface area is 101 Å². The van der Waals surface area contributed by atoms with Gasteiger partial charge in [0, 0.05) is 5.41 Å². The molecular weight excluding hydrogens is 267 g/mol. The Bertz CT molecular complexity index is 657. The topological polar surface area (TPSA) is 60.2 Å². The molecule has 7 heteroatoms. The molecule has 0 unspecified atom stereocenters. The fourth-order valence-corrected chi connectivity index (χ4v) is 2.50. The summed E-state index contributed by atoms with van der Waals surface area (Å²) < 4.78 is 60.2. The molecule has 0 fully saturated rings. The summed E-state index contributed by atoms with van der Waals surface area (Å²) in [6.45, 7) is 0. The van der Waals surface area contributed by atoms with Gasteiger partial charge in [-0.3, -0.25) is 0 Å². The minimum atomic E-state index is -4.47. The maximum Gasteiger partial charge on any atom is 0.416 e. The van der Waals surface area contributed by atoms with Gasteiger partial charge in [0.1, 0.15) is 5.03 Å². The van der Waals surface area contributed by atoms with Crippen LogP contribution >= 0.6 is 0 Å². The van der Waals surface area contributed by atoms with Gasteiger partial charge in [-0.05, 0) is 29.3 Å². The maximum atomic E-state index is 12.5. The maximum absolute atomic E-state index is 12.5. The average Bonchev–Trinajstić information content (AvgIpc) is 2.53. The first kappa shape index (κ1) is 12.7. The van der Waals surface area contributed by atoms with Gasteiger partial charge in [-0.2, -0.15) is 13.2 Å². The molecule has 1 aromatic carbocycles. The molecule has 0 bridgehead atoms. The van der Waals surface area contributed by atoms with E-state index < -0.39 is 21.6 Å². The number of hydrogen-bond donors (Lipinski definition) is 1. The zero-order chi connectivity index (χ0) is 13.6. The zero-order valence-electron chi connectivity index (χ0n) is 8.90. The quantitative estimate of drug-likeness (QED) is 0.855. The van der Waals surface area contributed by atoms with Crippen LogP contribution in [-0.4, -0.2) is 8.42 Å². The second-order valence-electron chi connectivity index (χ2n) is 3.74. The molecule has 0 radical (unpaired) electrons. The Hall–Kier alpha value is -1.76. The molecule has 3 nitrogen and oxygen atoms in total. The smallest absolute Gasteiger partial charge is 0.389 e. The molecule has 0 atom stereocenters. The molecule has 0 amide bonds. The van der Waals surface area contributed by atoms with Crippen molar-refractivity contribution >= 4 is 15.4 Å². The normalized spacial score (nSPS) is 18.4. The lowest BCUT2D eigenvalue weighted by Gasteiger charge is -2.08. The van der Waals surface area contributed by atoms with Gasteiger partial charge in [-0.15, -0.1) is 0 Å². The van der Waals surface area contributed by atoms with Crippen molar-refractivity contribution in [2.75, 3.05) is 0 Å². The van der Waals surface area contributed by atoms with Crippen LogP contribution < -0.4 is 5.73 Å². The Morgan fingerprint density at radius 3 is 2.33 bits per heavy atom. The van der Waals surface area contributed by atoms with Crippen LogP contribution in [0.25, 0.3) is 5.57 Å². The van der Waals surface area contributed by atoms with Gasteiger partial charge >= 0.3 is 6.18 Å². The third-order valence-electron chi connectivity index (χ3n) is 2.43. The van der Waals surface area contributed by atoms with E-state index in [1.807, 2.05) is 0 Å². The van der Waals surface area contributed by atoms with Gasteiger partial charge in [0.05, 0.1) is 5.56 Å². The van der Waals surface area contributed by atoms with E-state index in [1.54, 1.807) is 0 Å². The van der Waals surface area contributed by atoms with Crippen LogP contribution in [0.15, 0.2) is 40.8 Å². The van der Waals surface area contributed by atoms with Crippen LogP contribution in [0.4, 0.5) is 13.2 Å². The summed E-state index contributed by atoms with van der Waals surface area (Å²) in [6, 6.07) is 4.41. The molecule has 0 spiro atoms. The summed E-state index contributed by atoms with van der Waals surface area (Å²) in [7, 11) is -3.68. The van der Waals surface area contributed by atoms with Crippen molar-refractivity contribution in [2.45, 2.75) is 6.18 Å². The molecule has 1 aliphatic heterocycles. The highest BCUT2D eigenvalue weighted by molar-refractivity contribution is 7.98. The molecule has 0 saturated carbocycles. The monoisotopic (exact) mass is 275 g/mol.